The minimum absolute atomic E-state index is 0. The Bertz CT molecular complexity index is 143. The first kappa shape index (κ1) is 15.2. The second kappa shape index (κ2) is 8.29. The van der Waals surface area contributed by atoms with E-state index in [1.165, 1.54) is 0 Å². The molecular weight excluding hydrogens is 194 g/mol. The van der Waals surface area contributed by atoms with Gasteiger partial charge in [-0.3, -0.25) is 4.79 Å². The zero-order valence-electron chi connectivity index (χ0n) is 8.03. The van der Waals surface area contributed by atoms with Crippen LogP contribution in [0.4, 0.5) is 0 Å². The Labute approximate surface area is 84.9 Å². The number of carbonyl (C=O) groups is 1. The quantitative estimate of drug-likeness (QED) is 0.643. The molecule has 2 unspecified atom stereocenters. The summed E-state index contributed by atoms with van der Waals surface area (Å²) in [6.07, 6.45) is 0.468. The van der Waals surface area contributed by atoms with Gasteiger partial charge in [0.05, 0.1) is 19.1 Å². The molecule has 0 heterocycles. The average molecular weight is 212 g/mol. The predicted octanol–water partition coefficient (Wildman–Crippen LogP) is 0.317. The molecule has 80 valence electrons. The number of esters is 1. The van der Waals surface area contributed by atoms with Crippen LogP contribution in [0.2, 0.25) is 0 Å². The lowest BCUT2D eigenvalue weighted by Crippen LogP contribution is -2.29. The van der Waals surface area contributed by atoms with Crippen LogP contribution in [0, 0.1) is 5.92 Å². The zero-order chi connectivity index (χ0) is 9.56. The van der Waals surface area contributed by atoms with E-state index in [-0.39, 0.29) is 36.9 Å². The van der Waals surface area contributed by atoms with E-state index in [4.69, 9.17) is 15.6 Å². The van der Waals surface area contributed by atoms with E-state index in [9.17, 15) is 4.79 Å². The van der Waals surface area contributed by atoms with E-state index < -0.39 is 0 Å². The maximum Gasteiger partial charge on any atom is 0.308 e. The standard InChI is InChI=1S/C8H17NO3.ClH/c1-3-12-8(11)6(2)4-7(9)5-10;/h6-7,10H,3-5,9H2,1-2H3;1H. The van der Waals surface area contributed by atoms with E-state index in [2.05, 4.69) is 0 Å². The fourth-order valence-corrected chi connectivity index (χ4v) is 0.909. The van der Waals surface area contributed by atoms with Crippen LogP contribution in [0.15, 0.2) is 0 Å². The Balaban J connectivity index is 0. The van der Waals surface area contributed by atoms with Gasteiger partial charge in [-0.2, -0.15) is 0 Å². The molecule has 0 fully saturated rings. The first-order valence-corrected chi connectivity index (χ1v) is 4.14. The number of nitrogens with two attached hydrogens (primary N) is 1. The Hall–Kier alpha value is -0.320. The molecule has 0 aliphatic carbocycles. The van der Waals surface area contributed by atoms with Gasteiger partial charge in [0.25, 0.3) is 0 Å². The molecule has 0 bridgehead atoms. The highest BCUT2D eigenvalue weighted by atomic mass is 35.5. The number of aliphatic hydroxyl groups excluding tert-OH is 1. The third-order valence-electron chi connectivity index (χ3n) is 1.58. The molecule has 0 radical (unpaired) electrons. The van der Waals surface area contributed by atoms with Crippen molar-refractivity contribution in [2.75, 3.05) is 13.2 Å². The smallest absolute Gasteiger partial charge is 0.308 e. The van der Waals surface area contributed by atoms with Gasteiger partial charge in [0.15, 0.2) is 0 Å². The van der Waals surface area contributed by atoms with E-state index in [1.807, 2.05) is 0 Å². The van der Waals surface area contributed by atoms with Crippen molar-refractivity contribution >= 4 is 18.4 Å². The SMILES string of the molecule is CCOC(=O)C(C)CC(N)CO.Cl. The van der Waals surface area contributed by atoms with E-state index >= 15 is 0 Å². The first-order chi connectivity index (χ1) is 5.61. The molecule has 0 aromatic carbocycles. The maximum absolute atomic E-state index is 11.0. The van der Waals surface area contributed by atoms with Crippen molar-refractivity contribution in [2.45, 2.75) is 26.3 Å². The topological polar surface area (TPSA) is 72.5 Å². The molecule has 4 nitrogen and oxygen atoms in total. The van der Waals surface area contributed by atoms with Gasteiger partial charge < -0.3 is 15.6 Å². The summed E-state index contributed by atoms with van der Waals surface area (Å²) < 4.78 is 4.77. The van der Waals surface area contributed by atoms with Gasteiger partial charge in [-0.1, -0.05) is 6.92 Å². The molecule has 0 aliphatic rings. The normalized spacial score (nSPS) is 14.2. The summed E-state index contributed by atoms with van der Waals surface area (Å²) in [6, 6.07) is -0.329. The van der Waals surface area contributed by atoms with Gasteiger partial charge in [0.2, 0.25) is 0 Å². The summed E-state index contributed by atoms with van der Waals surface area (Å²) in [6.45, 7) is 3.80. The lowest BCUT2D eigenvalue weighted by Gasteiger charge is -2.13. The van der Waals surface area contributed by atoms with Crippen LogP contribution in [-0.2, 0) is 9.53 Å². The third kappa shape index (κ3) is 6.81. The van der Waals surface area contributed by atoms with Crippen LogP contribution in [-0.4, -0.2) is 30.3 Å². The van der Waals surface area contributed by atoms with Crippen molar-refractivity contribution in [3.8, 4) is 0 Å². The van der Waals surface area contributed by atoms with Gasteiger partial charge in [0.1, 0.15) is 0 Å². The number of hydrogen-bond donors (Lipinski definition) is 2. The average Bonchev–Trinajstić information content (AvgIpc) is 2.04. The number of ether oxygens (including phenoxy) is 1. The van der Waals surface area contributed by atoms with Gasteiger partial charge in [-0.05, 0) is 13.3 Å². The molecule has 3 N–H and O–H groups in total. The summed E-state index contributed by atoms with van der Waals surface area (Å²) in [7, 11) is 0. The molecule has 0 rings (SSSR count). The van der Waals surface area contributed by atoms with Crippen LogP contribution >= 0.6 is 12.4 Å². The predicted molar refractivity (Wildman–Crippen MR) is 52.7 cm³/mol. The highest BCUT2D eigenvalue weighted by Gasteiger charge is 2.16. The van der Waals surface area contributed by atoms with Crippen molar-refractivity contribution in [1.82, 2.24) is 0 Å². The summed E-state index contributed by atoms with van der Waals surface area (Å²) in [5.74, 6) is -0.478. The molecule has 5 heteroatoms. The van der Waals surface area contributed by atoms with Gasteiger partial charge in [0, 0.05) is 6.04 Å². The zero-order valence-corrected chi connectivity index (χ0v) is 8.84. The van der Waals surface area contributed by atoms with Crippen molar-refractivity contribution in [3.05, 3.63) is 0 Å². The van der Waals surface area contributed by atoms with Crippen molar-refractivity contribution in [1.29, 1.82) is 0 Å². The number of rotatable bonds is 5. The molecule has 0 saturated carbocycles. The minimum Gasteiger partial charge on any atom is -0.466 e. The Morgan fingerprint density at radius 2 is 2.15 bits per heavy atom. The largest absolute Gasteiger partial charge is 0.466 e. The summed E-state index contributed by atoms with van der Waals surface area (Å²) in [5.41, 5.74) is 5.45. The lowest BCUT2D eigenvalue weighted by atomic mass is 10.0. The summed E-state index contributed by atoms with van der Waals surface area (Å²) in [5, 5.41) is 8.62. The van der Waals surface area contributed by atoms with Gasteiger partial charge >= 0.3 is 5.97 Å². The highest BCUT2D eigenvalue weighted by Crippen LogP contribution is 2.06. The number of aliphatic hydroxyl groups is 1. The van der Waals surface area contributed by atoms with Gasteiger partial charge in [-0.15, -0.1) is 12.4 Å². The van der Waals surface area contributed by atoms with Crippen LogP contribution in [0.3, 0.4) is 0 Å². The van der Waals surface area contributed by atoms with Gasteiger partial charge in [-0.25, -0.2) is 0 Å². The van der Waals surface area contributed by atoms with Crippen molar-refractivity contribution < 1.29 is 14.6 Å². The fraction of sp³-hybridized carbons (Fsp3) is 0.875. The molecule has 2 atom stereocenters. The highest BCUT2D eigenvalue weighted by molar-refractivity contribution is 5.85. The molecule has 13 heavy (non-hydrogen) atoms. The molecule has 0 saturated heterocycles. The minimum atomic E-state index is -0.329. The van der Waals surface area contributed by atoms with Crippen LogP contribution in [0.5, 0.6) is 0 Å². The van der Waals surface area contributed by atoms with Crippen LogP contribution in [0.1, 0.15) is 20.3 Å². The summed E-state index contributed by atoms with van der Waals surface area (Å²) in [4.78, 5) is 11.0. The molecule has 0 aromatic heterocycles. The number of hydrogen-bond acceptors (Lipinski definition) is 4. The summed E-state index contributed by atoms with van der Waals surface area (Å²) >= 11 is 0. The van der Waals surface area contributed by atoms with E-state index in [0.717, 1.165) is 0 Å². The number of carbonyl (C=O) groups excluding carboxylic acids is 1. The maximum atomic E-state index is 11.0. The van der Waals surface area contributed by atoms with Crippen molar-refractivity contribution in [2.24, 2.45) is 11.7 Å². The lowest BCUT2D eigenvalue weighted by molar-refractivity contribution is -0.147. The van der Waals surface area contributed by atoms with E-state index in [1.54, 1.807) is 13.8 Å². The Morgan fingerprint density at radius 3 is 2.54 bits per heavy atom. The van der Waals surface area contributed by atoms with Crippen LogP contribution < -0.4 is 5.73 Å². The molecule has 0 aromatic rings. The molecule has 0 aliphatic heterocycles. The second-order valence-electron chi connectivity index (χ2n) is 2.83. The molecule has 0 amide bonds. The number of halogens is 1. The molecular formula is C8H18ClNO3. The fourth-order valence-electron chi connectivity index (χ4n) is 0.909. The first-order valence-electron chi connectivity index (χ1n) is 4.14. The monoisotopic (exact) mass is 211 g/mol. The third-order valence-corrected chi connectivity index (χ3v) is 1.58. The Kier molecular flexibility index (Phi) is 9.67. The van der Waals surface area contributed by atoms with Crippen molar-refractivity contribution in [3.63, 3.8) is 0 Å². The Morgan fingerprint density at radius 1 is 1.62 bits per heavy atom. The molecule has 0 spiro atoms. The second-order valence-corrected chi connectivity index (χ2v) is 2.83. The van der Waals surface area contributed by atoms with E-state index in [0.29, 0.717) is 13.0 Å². The van der Waals surface area contributed by atoms with Crippen LogP contribution in [0.25, 0.3) is 0 Å².